The van der Waals surface area contributed by atoms with Crippen LogP contribution < -0.4 is 5.32 Å². The number of halogens is 2. The summed E-state index contributed by atoms with van der Waals surface area (Å²) in [6, 6.07) is 8.46. The predicted molar refractivity (Wildman–Crippen MR) is 74.6 cm³/mol. The molecule has 0 spiro atoms. The van der Waals surface area contributed by atoms with Gasteiger partial charge in [-0.2, -0.15) is 0 Å². The summed E-state index contributed by atoms with van der Waals surface area (Å²) in [6.45, 7) is 1.91. The van der Waals surface area contributed by atoms with E-state index in [0.717, 1.165) is 5.56 Å². The molecule has 1 atom stereocenters. The highest BCUT2D eigenvalue weighted by atomic mass is 35.5. The van der Waals surface area contributed by atoms with Gasteiger partial charge in [0.25, 0.3) is 0 Å². The first-order chi connectivity index (χ1) is 9.04. The summed E-state index contributed by atoms with van der Waals surface area (Å²) in [5, 5.41) is 2.47. The third-order valence-corrected chi connectivity index (χ3v) is 2.84. The Morgan fingerprint density at radius 2 is 1.89 bits per heavy atom. The van der Waals surface area contributed by atoms with Crippen LogP contribution in [-0.4, -0.2) is 29.4 Å². The van der Waals surface area contributed by atoms with E-state index in [1.165, 1.54) is 0 Å². The fourth-order valence-corrected chi connectivity index (χ4v) is 1.84. The number of carbonyl (C=O) groups is 2. The van der Waals surface area contributed by atoms with Gasteiger partial charge in [0.15, 0.2) is 10.6 Å². The van der Waals surface area contributed by atoms with E-state index in [2.05, 4.69) is 5.32 Å². The van der Waals surface area contributed by atoms with Crippen molar-refractivity contribution in [1.82, 2.24) is 5.32 Å². The molecule has 19 heavy (non-hydrogen) atoms. The number of alkyl halides is 2. The number of rotatable bonds is 6. The van der Waals surface area contributed by atoms with Crippen molar-refractivity contribution in [2.75, 3.05) is 6.61 Å². The van der Waals surface area contributed by atoms with Gasteiger partial charge in [0.2, 0.25) is 0 Å². The summed E-state index contributed by atoms with van der Waals surface area (Å²) in [5.41, 5.74) is 0.895. The van der Waals surface area contributed by atoms with Gasteiger partial charge in [-0.15, -0.1) is 0 Å². The number of amides is 1. The standard InChI is InChI=1S/C13H15Cl2NO3/c1-2-19-13(18)16-10(11(17)12(14)15)8-9-6-4-3-5-7-9/h3-7,10,12H,2,8H2,1H3,(H,16,18)/t10-/m1/s1. The average Bonchev–Trinajstić information content (AvgIpc) is 2.38. The molecule has 0 heterocycles. The number of alkyl carbamates (subject to hydrolysis) is 1. The van der Waals surface area contributed by atoms with Crippen LogP contribution in [0, 0.1) is 0 Å². The topological polar surface area (TPSA) is 55.4 Å². The van der Waals surface area contributed by atoms with Crippen LogP contribution in [-0.2, 0) is 16.0 Å². The number of ether oxygens (including phenoxy) is 1. The van der Waals surface area contributed by atoms with Crippen molar-refractivity contribution in [2.45, 2.75) is 24.2 Å². The van der Waals surface area contributed by atoms with Gasteiger partial charge in [0, 0.05) is 0 Å². The molecule has 1 amide bonds. The lowest BCUT2D eigenvalue weighted by molar-refractivity contribution is -0.119. The maximum Gasteiger partial charge on any atom is 0.407 e. The zero-order valence-corrected chi connectivity index (χ0v) is 11.9. The first-order valence-corrected chi connectivity index (χ1v) is 6.71. The van der Waals surface area contributed by atoms with E-state index in [4.69, 9.17) is 27.9 Å². The minimum absolute atomic E-state index is 0.225. The fourth-order valence-electron chi connectivity index (χ4n) is 1.54. The largest absolute Gasteiger partial charge is 0.450 e. The molecule has 4 nitrogen and oxygen atoms in total. The minimum atomic E-state index is -1.18. The van der Waals surface area contributed by atoms with Crippen LogP contribution in [0.1, 0.15) is 12.5 Å². The maximum atomic E-state index is 11.9. The molecule has 0 aromatic heterocycles. The summed E-state index contributed by atoms with van der Waals surface area (Å²) in [5.74, 6) is -0.458. The molecule has 0 aliphatic rings. The van der Waals surface area contributed by atoms with Crippen LogP contribution in [0.25, 0.3) is 0 Å². The molecule has 0 bridgehead atoms. The van der Waals surface area contributed by atoms with Gasteiger partial charge in [0.05, 0.1) is 12.6 Å². The maximum absolute atomic E-state index is 11.9. The monoisotopic (exact) mass is 303 g/mol. The van der Waals surface area contributed by atoms with Crippen molar-refractivity contribution >= 4 is 35.1 Å². The molecule has 0 saturated heterocycles. The molecule has 0 aliphatic heterocycles. The molecule has 0 fully saturated rings. The average molecular weight is 304 g/mol. The van der Waals surface area contributed by atoms with Crippen molar-refractivity contribution in [1.29, 1.82) is 0 Å². The summed E-state index contributed by atoms with van der Waals surface area (Å²) in [6.07, 6.45) is -0.347. The highest BCUT2D eigenvalue weighted by Gasteiger charge is 2.26. The first-order valence-electron chi connectivity index (χ1n) is 5.83. The quantitative estimate of drug-likeness (QED) is 0.822. The number of hydrogen-bond acceptors (Lipinski definition) is 3. The van der Waals surface area contributed by atoms with E-state index in [1.807, 2.05) is 30.3 Å². The second kappa shape index (κ2) is 8.02. The molecule has 0 saturated carbocycles. The van der Waals surface area contributed by atoms with E-state index in [1.54, 1.807) is 6.92 Å². The molecule has 104 valence electrons. The van der Waals surface area contributed by atoms with Crippen LogP contribution in [0.4, 0.5) is 4.79 Å². The second-order valence-corrected chi connectivity index (χ2v) is 4.91. The number of ketones is 1. The Labute approximate surface area is 122 Å². The van der Waals surface area contributed by atoms with Gasteiger partial charge in [-0.1, -0.05) is 53.5 Å². The summed E-state index contributed by atoms with van der Waals surface area (Å²) >= 11 is 11.1. The molecule has 1 aromatic rings. The Morgan fingerprint density at radius 1 is 1.26 bits per heavy atom. The van der Waals surface area contributed by atoms with Crippen molar-refractivity contribution in [2.24, 2.45) is 0 Å². The second-order valence-electron chi connectivity index (χ2n) is 3.81. The molecule has 1 aromatic carbocycles. The van der Waals surface area contributed by atoms with Crippen LogP contribution in [0.5, 0.6) is 0 Å². The first kappa shape index (κ1) is 15.8. The molecular weight excluding hydrogens is 289 g/mol. The van der Waals surface area contributed by atoms with Gasteiger partial charge < -0.3 is 10.1 Å². The fraction of sp³-hybridized carbons (Fsp3) is 0.385. The van der Waals surface area contributed by atoms with E-state index < -0.39 is 22.8 Å². The number of benzene rings is 1. The molecular formula is C13H15Cl2NO3. The SMILES string of the molecule is CCOC(=O)N[C@H](Cc1ccccc1)C(=O)C(Cl)Cl. The third-order valence-electron chi connectivity index (χ3n) is 2.41. The Balaban J connectivity index is 2.75. The van der Waals surface area contributed by atoms with Crippen LogP contribution in [0.2, 0.25) is 0 Å². The van der Waals surface area contributed by atoms with Crippen LogP contribution >= 0.6 is 23.2 Å². The molecule has 0 aliphatic carbocycles. The molecule has 1 rings (SSSR count). The Kier molecular flexibility index (Phi) is 6.67. The lowest BCUT2D eigenvalue weighted by atomic mass is 10.0. The number of nitrogens with one attached hydrogen (secondary N) is 1. The Morgan fingerprint density at radius 3 is 2.42 bits per heavy atom. The van der Waals surface area contributed by atoms with Crippen LogP contribution in [0.3, 0.4) is 0 Å². The van der Waals surface area contributed by atoms with Crippen molar-refractivity contribution in [3.63, 3.8) is 0 Å². The van der Waals surface area contributed by atoms with Crippen molar-refractivity contribution in [3.8, 4) is 0 Å². The number of Topliss-reactive ketones (excluding diaryl/α,β-unsaturated/α-hetero) is 1. The van der Waals surface area contributed by atoms with Gasteiger partial charge in [-0.25, -0.2) is 4.79 Å². The molecule has 1 N–H and O–H groups in total. The van der Waals surface area contributed by atoms with Crippen molar-refractivity contribution < 1.29 is 14.3 Å². The van der Waals surface area contributed by atoms with Gasteiger partial charge in [0.1, 0.15) is 0 Å². The summed E-state index contributed by atoms with van der Waals surface area (Å²) in [4.78, 5) is 22.1. The van der Waals surface area contributed by atoms with Gasteiger partial charge >= 0.3 is 6.09 Å². The zero-order chi connectivity index (χ0) is 14.3. The van der Waals surface area contributed by atoms with Gasteiger partial charge in [-0.05, 0) is 18.9 Å². The zero-order valence-electron chi connectivity index (χ0n) is 10.4. The highest BCUT2D eigenvalue weighted by Crippen LogP contribution is 2.11. The normalized spacial score (nSPS) is 12.0. The van der Waals surface area contributed by atoms with E-state index in [-0.39, 0.29) is 6.61 Å². The smallest absolute Gasteiger partial charge is 0.407 e. The van der Waals surface area contributed by atoms with Crippen molar-refractivity contribution in [3.05, 3.63) is 35.9 Å². The molecule has 0 unspecified atom stereocenters. The summed E-state index contributed by atoms with van der Waals surface area (Å²) in [7, 11) is 0. The molecule has 6 heteroatoms. The van der Waals surface area contributed by atoms with E-state index in [9.17, 15) is 9.59 Å². The minimum Gasteiger partial charge on any atom is -0.450 e. The lowest BCUT2D eigenvalue weighted by Gasteiger charge is -2.17. The third kappa shape index (κ3) is 5.49. The number of carbonyl (C=O) groups excluding carboxylic acids is 2. The summed E-state index contributed by atoms with van der Waals surface area (Å²) < 4.78 is 4.75. The predicted octanol–water partition coefficient (Wildman–Crippen LogP) is 2.72. The number of hydrogen-bond donors (Lipinski definition) is 1. The van der Waals surface area contributed by atoms with E-state index in [0.29, 0.717) is 6.42 Å². The Bertz CT molecular complexity index is 423. The highest BCUT2D eigenvalue weighted by molar-refractivity contribution is 6.54. The van der Waals surface area contributed by atoms with Crippen LogP contribution in [0.15, 0.2) is 30.3 Å². The lowest BCUT2D eigenvalue weighted by Crippen LogP contribution is -2.44. The van der Waals surface area contributed by atoms with E-state index >= 15 is 0 Å². The Hall–Kier alpha value is -1.26. The van der Waals surface area contributed by atoms with Gasteiger partial charge in [-0.3, -0.25) is 4.79 Å². The molecule has 0 radical (unpaired) electrons.